The van der Waals surface area contributed by atoms with Gasteiger partial charge in [-0.2, -0.15) is 0 Å². The summed E-state index contributed by atoms with van der Waals surface area (Å²) < 4.78 is 0. The zero-order valence-electron chi connectivity index (χ0n) is 12.3. The van der Waals surface area contributed by atoms with Gasteiger partial charge in [-0.1, -0.05) is 44.2 Å². The van der Waals surface area contributed by atoms with Crippen LogP contribution in [0, 0.1) is 0 Å². The number of aliphatic hydroxyl groups excluding tert-OH is 1. The molecule has 1 heterocycles. The van der Waals surface area contributed by atoms with E-state index in [0.717, 1.165) is 19.3 Å². The first-order valence-corrected chi connectivity index (χ1v) is 7.54. The van der Waals surface area contributed by atoms with Crippen molar-refractivity contribution in [3.63, 3.8) is 0 Å². The number of rotatable bonds is 4. The number of hydrogen-bond donors (Lipinski definition) is 2. The molecule has 20 heavy (non-hydrogen) atoms. The maximum Gasteiger partial charge on any atom is 0.0431 e. The second-order valence-corrected chi connectivity index (χ2v) is 6.35. The third-order valence-electron chi connectivity index (χ3n) is 4.68. The van der Waals surface area contributed by atoms with Gasteiger partial charge in [0.2, 0.25) is 0 Å². The summed E-state index contributed by atoms with van der Waals surface area (Å²) in [5.74, 6) is 0. The minimum atomic E-state index is 0.131. The van der Waals surface area contributed by atoms with Crippen LogP contribution in [-0.4, -0.2) is 17.8 Å². The maximum atomic E-state index is 8.96. The van der Waals surface area contributed by atoms with Gasteiger partial charge in [0.1, 0.15) is 0 Å². The van der Waals surface area contributed by atoms with Crippen LogP contribution in [-0.2, 0) is 5.41 Å². The zero-order valence-corrected chi connectivity index (χ0v) is 12.3. The molecule has 0 spiro atoms. The molecule has 0 amide bonds. The molecule has 2 aromatic rings. The maximum absolute atomic E-state index is 8.96. The Morgan fingerprint density at radius 3 is 2.70 bits per heavy atom. The van der Waals surface area contributed by atoms with Gasteiger partial charge >= 0.3 is 0 Å². The van der Waals surface area contributed by atoms with Crippen LogP contribution in [0.25, 0.3) is 10.8 Å². The van der Waals surface area contributed by atoms with Crippen molar-refractivity contribution in [2.75, 3.05) is 11.9 Å². The lowest BCUT2D eigenvalue weighted by atomic mass is 9.77. The Hall–Kier alpha value is -1.54. The van der Waals surface area contributed by atoms with Crippen molar-refractivity contribution in [1.29, 1.82) is 0 Å². The summed E-state index contributed by atoms with van der Waals surface area (Å²) >= 11 is 0. The Kier molecular flexibility index (Phi) is 3.43. The Morgan fingerprint density at radius 2 is 1.90 bits per heavy atom. The van der Waals surface area contributed by atoms with E-state index in [1.54, 1.807) is 0 Å². The van der Waals surface area contributed by atoms with Gasteiger partial charge < -0.3 is 10.4 Å². The fourth-order valence-corrected chi connectivity index (χ4v) is 3.52. The summed E-state index contributed by atoms with van der Waals surface area (Å²) in [6.45, 7) is 4.97. The van der Waals surface area contributed by atoms with Crippen molar-refractivity contribution in [3.8, 4) is 0 Å². The molecule has 1 unspecified atom stereocenters. The van der Waals surface area contributed by atoms with E-state index in [9.17, 15) is 0 Å². The lowest BCUT2D eigenvalue weighted by Gasteiger charge is -2.28. The molecule has 0 fully saturated rings. The standard InChI is InChI=1S/C18H23NO/c1-18(2)16(9-5-6-12-20)19-15-11-10-13-7-3-4-8-14(13)17(15)18/h3-4,7-8,10-11,16,19-20H,5-6,9,12H2,1-2H3. The summed E-state index contributed by atoms with van der Waals surface area (Å²) in [5.41, 5.74) is 2.86. The average molecular weight is 269 g/mol. The van der Waals surface area contributed by atoms with E-state index in [1.165, 1.54) is 22.0 Å². The first-order chi connectivity index (χ1) is 9.64. The normalized spacial score (nSPS) is 19.9. The molecule has 2 heteroatoms. The summed E-state index contributed by atoms with van der Waals surface area (Å²) in [7, 11) is 0. The monoisotopic (exact) mass is 269 g/mol. The number of aliphatic hydroxyl groups is 1. The molecule has 0 saturated carbocycles. The average Bonchev–Trinajstić information content (AvgIpc) is 2.71. The minimum absolute atomic E-state index is 0.131. The van der Waals surface area contributed by atoms with E-state index in [2.05, 4.69) is 55.6 Å². The predicted octanol–water partition coefficient (Wildman–Crippen LogP) is 4.07. The van der Waals surface area contributed by atoms with Crippen LogP contribution < -0.4 is 5.32 Å². The van der Waals surface area contributed by atoms with Crippen LogP contribution in [0.5, 0.6) is 0 Å². The Bertz CT molecular complexity index is 618. The third-order valence-corrected chi connectivity index (χ3v) is 4.68. The van der Waals surface area contributed by atoms with Gasteiger partial charge in [0.25, 0.3) is 0 Å². The van der Waals surface area contributed by atoms with Gasteiger partial charge in [-0.15, -0.1) is 0 Å². The molecule has 0 radical (unpaired) electrons. The molecule has 2 aromatic carbocycles. The molecule has 0 aromatic heterocycles. The number of anilines is 1. The van der Waals surface area contributed by atoms with Crippen molar-refractivity contribution in [2.24, 2.45) is 0 Å². The Labute approximate surface area is 120 Å². The van der Waals surface area contributed by atoms with E-state index < -0.39 is 0 Å². The molecule has 0 bridgehead atoms. The largest absolute Gasteiger partial charge is 0.396 e. The van der Waals surface area contributed by atoms with E-state index in [1.807, 2.05) is 0 Å². The summed E-state index contributed by atoms with van der Waals surface area (Å²) in [6, 6.07) is 13.5. The minimum Gasteiger partial charge on any atom is -0.396 e. The fraction of sp³-hybridized carbons (Fsp3) is 0.444. The van der Waals surface area contributed by atoms with Crippen LogP contribution in [0.2, 0.25) is 0 Å². The van der Waals surface area contributed by atoms with Crippen molar-refractivity contribution in [2.45, 2.75) is 44.6 Å². The fourth-order valence-electron chi connectivity index (χ4n) is 3.52. The highest BCUT2D eigenvalue weighted by atomic mass is 16.2. The van der Waals surface area contributed by atoms with E-state index in [-0.39, 0.29) is 5.41 Å². The molecule has 1 aliphatic rings. The molecule has 1 aliphatic heterocycles. The van der Waals surface area contributed by atoms with Gasteiger partial charge in [0.15, 0.2) is 0 Å². The molecule has 106 valence electrons. The van der Waals surface area contributed by atoms with E-state index in [0.29, 0.717) is 12.6 Å². The lowest BCUT2D eigenvalue weighted by Crippen LogP contribution is -2.33. The number of nitrogens with one attached hydrogen (secondary N) is 1. The summed E-state index contributed by atoms with van der Waals surface area (Å²) in [6.07, 6.45) is 3.07. The highest BCUT2D eigenvalue weighted by Gasteiger charge is 2.39. The van der Waals surface area contributed by atoms with Crippen molar-refractivity contribution in [3.05, 3.63) is 42.0 Å². The smallest absolute Gasteiger partial charge is 0.0431 e. The van der Waals surface area contributed by atoms with Crippen molar-refractivity contribution < 1.29 is 5.11 Å². The van der Waals surface area contributed by atoms with Gasteiger partial charge in [0, 0.05) is 23.8 Å². The Morgan fingerprint density at radius 1 is 1.10 bits per heavy atom. The van der Waals surface area contributed by atoms with Crippen LogP contribution >= 0.6 is 0 Å². The summed E-state index contributed by atoms with van der Waals surface area (Å²) in [5, 5.41) is 15.3. The molecule has 0 saturated heterocycles. The van der Waals surface area contributed by atoms with Gasteiger partial charge in [-0.3, -0.25) is 0 Å². The molecule has 3 rings (SSSR count). The number of benzene rings is 2. The van der Waals surface area contributed by atoms with Crippen molar-refractivity contribution >= 4 is 16.5 Å². The van der Waals surface area contributed by atoms with E-state index in [4.69, 9.17) is 5.11 Å². The predicted molar refractivity (Wildman–Crippen MR) is 85.3 cm³/mol. The lowest BCUT2D eigenvalue weighted by molar-refractivity contribution is 0.278. The molecule has 2 N–H and O–H groups in total. The number of hydrogen-bond acceptors (Lipinski definition) is 2. The molecule has 2 nitrogen and oxygen atoms in total. The van der Waals surface area contributed by atoms with Crippen LogP contribution in [0.3, 0.4) is 0 Å². The molecule has 1 atom stereocenters. The SMILES string of the molecule is CC1(C)c2c(ccc3ccccc23)NC1CCCCO. The third kappa shape index (κ3) is 2.08. The topological polar surface area (TPSA) is 32.3 Å². The van der Waals surface area contributed by atoms with Crippen LogP contribution in [0.1, 0.15) is 38.7 Å². The first-order valence-electron chi connectivity index (χ1n) is 7.54. The number of fused-ring (bicyclic) bond motifs is 3. The molecular weight excluding hydrogens is 246 g/mol. The molecule has 0 aliphatic carbocycles. The quantitative estimate of drug-likeness (QED) is 0.820. The molecular formula is C18H23NO. The van der Waals surface area contributed by atoms with Gasteiger partial charge in [-0.05, 0) is 41.7 Å². The second-order valence-electron chi connectivity index (χ2n) is 6.35. The summed E-state index contributed by atoms with van der Waals surface area (Å²) in [4.78, 5) is 0. The zero-order chi connectivity index (χ0) is 14.2. The van der Waals surface area contributed by atoms with E-state index >= 15 is 0 Å². The van der Waals surface area contributed by atoms with Gasteiger partial charge in [-0.25, -0.2) is 0 Å². The van der Waals surface area contributed by atoms with Crippen LogP contribution in [0.15, 0.2) is 36.4 Å². The van der Waals surface area contributed by atoms with Crippen LogP contribution in [0.4, 0.5) is 5.69 Å². The van der Waals surface area contributed by atoms with Gasteiger partial charge in [0.05, 0.1) is 0 Å². The highest BCUT2D eigenvalue weighted by molar-refractivity contribution is 5.92. The highest BCUT2D eigenvalue weighted by Crippen LogP contribution is 2.45. The second kappa shape index (κ2) is 5.10. The Balaban J connectivity index is 1.99. The first kappa shape index (κ1) is 13.4. The van der Waals surface area contributed by atoms with Crippen molar-refractivity contribution in [1.82, 2.24) is 0 Å². The number of unbranched alkanes of at least 4 members (excludes halogenated alkanes) is 1.